The molecule has 0 saturated carbocycles. The van der Waals surface area contributed by atoms with Gasteiger partial charge in [-0.3, -0.25) is 0 Å². The Balaban J connectivity index is 0. The van der Waals surface area contributed by atoms with Gasteiger partial charge in [0.1, 0.15) is 0 Å². The van der Waals surface area contributed by atoms with E-state index in [2.05, 4.69) is 27.7 Å². The van der Waals surface area contributed by atoms with Gasteiger partial charge in [0.15, 0.2) is 0 Å². The number of unbranched alkanes of at least 4 members (excludes halogenated alkanes) is 12. The van der Waals surface area contributed by atoms with Crippen molar-refractivity contribution in [2.45, 2.75) is 130 Å². The average molecular weight is 482 g/mol. The maximum absolute atomic E-state index is 2.39. The quantitative estimate of drug-likeness (QED) is 0.129. The lowest BCUT2D eigenvalue weighted by molar-refractivity contribution is -0.928. The van der Waals surface area contributed by atoms with Crippen LogP contribution in [0.1, 0.15) is 130 Å². The van der Waals surface area contributed by atoms with Crippen molar-refractivity contribution in [1.29, 1.82) is 0 Å². The van der Waals surface area contributed by atoms with Gasteiger partial charge in [0, 0.05) is 0 Å². The Hall–Kier alpha value is 0.690. The summed E-state index contributed by atoms with van der Waals surface area (Å²) in [6.45, 7) is 15.1. The van der Waals surface area contributed by atoms with E-state index in [1.165, 1.54) is 133 Å². The molecule has 0 N–H and O–H groups in total. The van der Waals surface area contributed by atoms with E-state index in [0.717, 1.165) is 0 Å². The average Bonchev–Trinajstić information content (AvgIpc) is 2.61. The second kappa shape index (κ2) is 22.0. The first-order chi connectivity index (χ1) is 12.2. The standard InChI is InChI=1S/C24H52N.HI/c1-5-9-11-13-15-17-19-23-25(21-7-3,22-8-4)24-20-18-16-14-12-10-6-2;/h5-24H2,1-4H3;1H/q+1;/p-1. The lowest BCUT2D eigenvalue weighted by Crippen LogP contribution is -3.00. The number of nitrogens with zero attached hydrogens (tertiary/aromatic N) is 1. The number of quaternary nitrogens is 1. The van der Waals surface area contributed by atoms with E-state index in [4.69, 9.17) is 0 Å². The number of rotatable bonds is 20. The molecule has 0 heterocycles. The van der Waals surface area contributed by atoms with Crippen LogP contribution in [0.3, 0.4) is 0 Å². The summed E-state index contributed by atoms with van der Waals surface area (Å²) in [4.78, 5) is 0. The minimum Gasteiger partial charge on any atom is -1.00 e. The van der Waals surface area contributed by atoms with Gasteiger partial charge in [-0.25, -0.2) is 0 Å². The van der Waals surface area contributed by atoms with Crippen molar-refractivity contribution in [3.8, 4) is 0 Å². The molecule has 0 aromatic rings. The number of halogens is 1. The zero-order valence-corrected chi connectivity index (χ0v) is 21.1. The van der Waals surface area contributed by atoms with E-state index in [-0.39, 0.29) is 24.0 Å². The first kappa shape index (κ1) is 28.9. The van der Waals surface area contributed by atoms with Gasteiger partial charge >= 0.3 is 0 Å². The third-order valence-electron chi connectivity index (χ3n) is 5.87. The first-order valence-corrected chi connectivity index (χ1v) is 12.1. The Labute approximate surface area is 184 Å². The van der Waals surface area contributed by atoms with Crippen LogP contribution >= 0.6 is 0 Å². The molecule has 0 spiro atoms. The van der Waals surface area contributed by atoms with E-state index < -0.39 is 0 Å². The smallest absolute Gasteiger partial charge is 0.0786 e. The van der Waals surface area contributed by atoms with Crippen molar-refractivity contribution >= 4 is 0 Å². The molecule has 0 aliphatic rings. The Bertz CT molecular complexity index is 229. The van der Waals surface area contributed by atoms with Crippen LogP contribution < -0.4 is 24.0 Å². The van der Waals surface area contributed by atoms with Crippen molar-refractivity contribution in [1.82, 2.24) is 0 Å². The van der Waals surface area contributed by atoms with Crippen molar-refractivity contribution in [3.63, 3.8) is 0 Å². The Morgan fingerprint density at radius 1 is 0.346 bits per heavy atom. The summed E-state index contributed by atoms with van der Waals surface area (Å²) in [6.07, 6.45) is 22.9. The van der Waals surface area contributed by atoms with E-state index >= 15 is 0 Å². The molecule has 1 nitrogen and oxygen atoms in total. The lowest BCUT2D eigenvalue weighted by Gasteiger charge is -2.39. The zero-order chi connectivity index (χ0) is 18.6. The molecule has 0 amide bonds. The highest BCUT2D eigenvalue weighted by Gasteiger charge is 2.24. The fourth-order valence-corrected chi connectivity index (χ4v) is 4.43. The molecular formula is C24H52IN. The first-order valence-electron chi connectivity index (χ1n) is 12.1. The van der Waals surface area contributed by atoms with Crippen LogP contribution in [0.5, 0.6) is 0 Å². The molecule has 0 bridgehead atoms. The molecule has 0 aliphatic heterocycles. The van der Waals surface area contributed by atoms with Gasteiger partial charge in [-0.15, -0.1) is 0 Å². The molecular weight excluding hydrogens is 429 g/mol. The second-order valence-electron chi connectivity index (χ2n) is 8.48. The van der Waals surface area contributed by atoms with Gasteiger partial charge in [0.2, 0.25) is 0 Å². The molecule has 0 radical (unpaired) electrons. The highest BCUT2D eigenvalue weighted by atomic mass is 127. The molecule has 0 aliphatic carbocycles. The number of hydrogen-bond donors (Lipinski definition) is 0. The van der Waals surface area contributed by atoms with Gasteiger partial charge < -0.3 is 28.5 Å². The van der Waals surface area contributed by atoms with E-state index in [9.17, 15) is 0 Å². The predicted molar refractivity (Wildman–Crippen MR) is 116 cm³/mol. The predicted octanol–water partition coefficient (Wildman–Crippen LogP) is 5.13. The third-order valence-corrected chi connectivity index (χ3v) is 5.87. The van der Waals surface area contributed by atoms with Crippen molar-refractivity contribution in [2.75, 3.05) is 26.2 Å². The second-order valence-corrected chi connectivity index (χ2v) is 8.48. The third kappa shape index (κ3) is 16.8. The highest BCUT2D eigenvalue weighted by Crippen LogP contribution is 2.17. The largest absolute Gasteiger partial charge is 1.00 e. The summed E-state index contributed by atoms with van der Waals surface area (Å²) >= 11 is 0. The van der Waals surface area contributed by atoms with Crippen molar-refractivity contribution < 1.29 is 28.5 Å². The summed E-state index contributed by atoms with van der Waals surface area (Å²) in [5.74, 6) is 0. The maximum atomic E-state index is 2.39. The minimum atomic E-state index is 0. The van der Waals surface area contributed by atoms with Crippen LogP contribution in [-0.4, -0.2) is 30.7 Å². The molecule has 26 heavy (non-hydrogen) atoms. The molecule has 0 fully saturated rings. The Kier molecular flexibility index (Phi) is 24.4. The van der Waals surface area contributed by atoms with Gasteiger partial charge in [0.05, 0.1) is 26.2 Å². The Morgan fingerprint density at radius 2 is 0.654 bits per heavy atom. The molecule has 2 heteroatoms. The maximum Gasteiger partial charge on any atom is 0.0786 e. The molecule has 0 aromatic heterocycles. The van der Waals surface area contributed by atoms with Crippen molar-refractivity contribution in [3.05, 3.63) is 0 Å². The summed E-state index contributed by atoms with van der Waals surface area (Å²) < 4.78 is 1.43. The Morgan fingerprint density at radius 3 is 0.962 bits per heavy atom. The molecule has 0 saturated heterocycles. The fraction of sp³-hybridized carbons (Fsp3) is 1.00. The van der Waals surface area contributed by atoms with Gasteiger partial charge in [0.25, 0.3) is 0 Å². The van der Waals surface area contributed by atoms with Crippen LogP contribution in [-0.2, 0) is 0 Å². The van der Waals surface area contributed by atoms with Crippen LogP contribution in [0.2, 0.25) is 0 Å². The molecule has 0 unspecified atom stereocenters. The van der Waals surface area contributed by atoms with E-state index in [1.54, 1.807) is 0 Å². The van der Waals surface area contributed by atoms with Crippen LogP contribution in [0.15, 0.2) is 0 Å². The van der Waals surface area contributed by atoms with Gasteiger partial charge in [-0.05, 0) is 38.5 Å². The van der Waals surface area contributed by atoms with Crippen LogP contribution in [0, 0.1) is 0 Å². The molecule has 0 rings (SSSR count). The lowest BCUT2D eigenvalue weighted by atomic mass is 10.1. The van der Waals surface area contributed by atoms with Crippen molar-refractivity contribution in [2.24, 2.45) is 0 Å². The topological polar surface area (TPSA) is 0 Å². The van der Waals surface area contributed by atoms with E-state index in [1.807, 2.05) is 0 Å². The summed E-state index contributed by atoms with van der Waals surface area (Å²) in [6, 6.07) is 0. The molecule has 0 aromatic carbocycles. The molecule has 0 atom stereocenters. The minimum absolute atomic E-state index is 0. The molecule has 160 valence electrons. The van der Waals surface area contributed by atoms with Gasteiger partial charge in [-0.2, -0.15) is 0 Å². The SMILES string of the molecule is CCCCCCCCC[N+](CCC)(CCC)CCCCCCCCC.[I-]. The normalized spacial score (nSPS) is 11.5. The van der Waals surface area contributed by atoms with Crippen LogP contribution in [0.25, 0.3) is 0 Å². The summed E-state index contributed by atoms with van der Waals surface area (Å²) in [5.41, 5.74) is 0. The summed E-state index contributed by atoms with van der Waals surface area (Å²) in [5, 5.41) is 0. The van der Waals surface area contributed by atoms with Gasteiger partial charge in [-0.1, -0.05) is 91.9 Å². The number of hydrogen-bond acceptors (Lipinski definition) is 0. The van der Waals surface area contributed by atoms with E-state index in [0.29, 0.717) is 0 Å². The monoisotopic (exact) mass is 481 g/mol. The summed E-state index contributed by atoms with van der Waals surface area (Å²) in [7, 11) is 0. The zero-order valence-electron chi connectivity index (χ0n) is 19.0. The van der Waals surface area contributed by atoms with Crippen LogP contribution in [0.4, 0.5) is 0 Å². The highest BCUT2D eigenvalue weighted by molar-refractivity contribution is 4.52. The fourth-order valence-electron chi connectivity index (χ4n) is 4.43.